The minimum absolute atomic E-state index is 0.310. The van der Waals surface area contributed by atoms with Gasteiger partial charge in [0.1, 0.15) is 5.76 Å². The molecule has 1 aromatic carbocycles. The lowest BCUT2D eigenvalue weighted by atomic mass is 10.1. The van der Waals surface area contributed by atoms with Crippen LogP contribution in [0.4, 0.5) is 4.39 Å². The van der Waals surface area contributed by atoms with Crippen molar-refractivity contribution in [3.63, 3.8) is 0 Å². The van der Waals surface area contributed by atoms with Gasteiger partial charge in [-0.25, -0.2) is 4.39 Å². The van der Waals surface area contributed by atoms with E-state index in [1.807, 2.05) is 12.1 Å². The number of furan rings is 1. The van der Waals surface area contributed by atoms with Crippen molar-refractivity contribution in [2.75, 3.05) is 6.61 Å². The van der Waals surface area contributed by atoms with E-state index in [9.17, 15) is 9.18 Å². The van der Waals surface area contributed by atoms with E-state index in [2.05, 4.69) is 4.74 Å². The maximum atomic E-state index is 13.4. The number of halogens is 1. The molecule has 0 radical (unpaired) electrons. The number of aryl methyl sites for hydroxylation is 1. The molecule has 0 amide bonds. The molecule has 1 heterocycles. The summed E-state index contributed by atoms with van der Waals surface area (Å²) in [6.07, 6.45) is 4.74. The third-order valence-corrected chi connectivity index (χ3v) is 3.05. The van der Waals surface area contributed by atoms with E-state index in [1.54, 1.807) is 6.07 Å². The zero-order chi connectivity index (χ0) is 13.5. The van der Waals surface area contributed by atoms with E-state index in [0.29, 0.717) is 18.7 Å². The number of para-hydroxylation sites is 1. The van der Waals surface area contributed by atoms with Crippen LogP contribution in [-0.2, 0) is 16.0 Å². The van der Waals surface area contributed by atoms with Crippen molar-refractivity contribution >= 4 is 17.4 Å². The van der Waals surface area contributed by atoms with Crippen molar-refractivity contribution in [2.45, 2.75) is 32.1 Å². The summed E-state index contributed by atoms with van der Waals surface area (Å²) in [5.74, 6) is 0.513. The summed E-state index contributed by atoms with van der Waals surface area (Å²) in [6, 6.07) is 6.84. The second kappa shape index (κ2) is 6.92. The first-order valence-corrected chi connectivity index (χ1v) is 6.53. The molecule has 2 rings (SSSR count). The number of carbonyl (C=O) groups is 1. The molecule has 0 saturated carbocycles. The first-order valence-electron chi connectivity index (χ1n) is 6.53. The average molecular weight is 264 g/mol. The third-order valence-electron chi connectivity index (χ3n) is 3.05. The van der Waals surface area contributed by atoms with E-state index < -0.39 is 0 Å². The summed E-state index contributed by atoms with van der Waals surface area (Å²) >= 11 is 0. The van der Waals surface area contributed by atoms with E-state index in [1.165, 1.54) is 6.07 Å². The standard InChI is InChI=1S/C15H17FO3/c16-14-8-5-6-12-10-13(19-15(12)14)7-3-1-2-4-9-18-11-17/h5-6,8,10-11H,1-4,7,9H2. The predicted molar refractivity (Wildman–Crippen MR) is 70.4 cm³/mol. The summed E-state index contributed by atoms with van der Waals surface area (Å²) in [6.45, 7) is 0.961. The van der Waals surface area contributed by atoms with Gasteiger partial charge >= 0.3 is 0 Å². The second-order valence-corrected chi connectivity index (χ2v) is 4.50. The quantitative estimate of drug-likeness (QED) is 0.537. The van der Waals surface area contributed by atoms with E-state index in [0.717, 1.165) is 43.3 Å². The normalized spacial score (nSPS) is 10.8. The highest BCUT2D eigenvalue weighted by molar-refractivity contribution is 5.78. The molecule has 0 unspecified atom stereocenters. The summed E-state index contributed by atoms with van der Waals surface area (Å²) in [5.41, 5.74) is 0.344. The van der Waals surface area contributed by atoms with Gasteiger partial charge in [-0.3, -0.25) is 4.79 Å². The van der Waals surface area contributed by atoms with Crippen molar-refractivity contribution < 1.29 is 18.3 Å². The van der Waals surface area contributed by atoms with Crippen LogP contribution in [0.3, 0.4) is 0 Å². The molecule has 1 aromatic heterocycles. The Hall–Kier alpha value is -1.84. The smallest absolute Gasteiger partial charge is 0.293 e. The Labute approximate surface area is 111 Å². The minimum atomic E-state index is -0.310. The van der Waals surface area contributed by atoms with Crippen LogP contribution in [0.1, 0.15) is 31.4 Å². The summed E-state index contributed by atoms with van der Waals surface area (Å²) in [4.78, 5) is 9.93. The van der Waals surface area contributed by atoms with Gasteiger partial charge in [0, 0.05) is 11.8 Å². The van der Waals surface area contributed by atoms with Gasteiger partial charge in [-0.1, -0.05) is 25.0 Å². The van der Waals surface area contributed by atoms with Gasteiger partial charge in [0.2, 0.25) is 0 Å². The Morgan fingerprint density at radius 1 is 1.21 bits per heavy atom. The molecule has 3 nitrogen and oxygen atoms in total. The van der Waals surface area contributed by atoms with Crippen LogP contribution in [0.15, 0.2) is 28.7 Å². The first-order chi connectivity index (χ1) is 9.31. The lowest BCUT2D eigenvalue weighted by Crippen LogP contribution is -1.91. The fourth-order valence-corrected chi connectivity index (χ4v) is 2.09. The van der Waals surface area contributed by atoms with Crippen LogP contribution in [-0.4, -0.2) is 13.1 Å². The van der Waals surface area contributed by atoms with Gasteiger partial charge in [-0.15, -0.1) is 0 Å². The Kier molecular flexibility index (Phi) is 4.95. The average Bonchev–Trinajstić information content (AvgIpc) is 2.82. The maximum absolute atomic E-state index is 13.4. The fraction of sp³-hybridized carbons (Fsp3) is 0.400. The number of carbonyl (C=O) groups excluding carboxylic acids is 1. The van der Waals surface area contributed by atoms with Gasteiger partial charge in [-0.2, -0.15) is 0 Å². The summed E-state index contributed by atoms with van der Waals surface area (Å²) < 4.78 is 23.5. The van der Waals surface area contributed by atoms with E-state index >= 15 is 0 Å². The second-order valence-electron chi connectivity index (χ2n) is 4.50. The molecule has 0 N–H and O–H groups in total. The van der Waals surface area contributed by atoms with Gasteiger partial charge in [0.25, 0.3) is 6.47 Å². The molecule has 0 saturated heterocycles. The number of rotatable bonds is 8. The Morgan fingerprint density at radius 2 is 2.05 bits per heavy atom. The topological polar surface area (TPSA) is 39.4 Å². The molecule has 0 aliphatic heterocycles. The molecule has 0 fully saturated rings. The number of benzene rings is 1. The fourth-order valence-electron chi connectivity index (χ4n) is 2.09. The molecule has 4 heteroatoms. The van der Waals surface area contributed by atoms with Crippen LogP contribution >= 0.6 is 0 Å². The van der Waals surface area contributed by atoms with E-state index in [-0.39, 0.29) is 5.82 Å². The van der Waals surface area contributed by atoms with Gasteiger partial charge in [0.05, 0.1) is 6.61 Å². The highest BCUT2D eigenvalue weighted by atomic mass is 19.1. The number of ether oxygens (including phenoxy) is 1. The van der Waals surface area contributed by atoms with Gasteiger partial charge < -0.3 is 9.15 Å². The largest absolute Gasteiger partial charge is 0.468 e. The van der Waals surface area contributed by atoms with Crippen molar-refractivity contribution in [1.29, 1.82) is 0 Å². The van der Waals surface area contributed by atoms with Crippen LogP contribution in [0, 0.1) is 5.82 Å². The molecular weight excluding hydrogens is 247 g/mol. The van der Waals surface area contributed by atoms with Gasteiger partial charge in [-0.05, 0) is 25.0 Å². The van der Waals surface area contributed by atoms with Gasteiger partial charge in [0.15, 0.2) is 11.4 Å². The highest BCUT2D eigenvalue weighted by Gasteiger charge is 2.07. The van der Waals surface area contributed by atoms with Crippen molar-refractivity contribution in [3.8, 4) is 0 Å². The number of hydrogen-bond acceptors (Lipinski definition) is 3. The molecule has 0 aliphatic carbocycles. The molecule has 0 atom stereocenters. The molecule has 19 heavy (non-hydrogen) atoms. The predicted octanol–water partition coefficient (Wildman–Crippen LogP) is 3.85. The number of hydrogen-bond donors (Lipinski definition) is 0. The Bertz CT molecular complexity index is 533. The maximum Gasteiger partial charge on any atom is 0.293 e. The van der Waals surface area contributed by atoms with Crippen LogP contribution in [0.5, 0.6) is 0 Å². The summed E-state index contributed by atoms with van der Waals surface area (Å²) in [7, 11) is 0. The lowest BCUT2D eigenvalue weighted by molar-refractivity contribution is -0.128. The zero-order valence-electron chi connectivity index (χ0n) is 10.7. The van der Waals surface area contributed by atoms with Crippen LogP contribution < -0.4 is 0 Å². The Morgan fingerprint density at radius 3 is 2.84 bits per heavy atom. The summed E-state index contributed by atoms with van der Waals surface area (Å²) in [5, 5.41) is 0.814. The lowest BCUT2D eigenvalue weighted by Gasteiger charge is -1.99. The monoisotopic (exact) mass is 264 g/mol. The van der Waals surface area contributed by atoms with Crippen LogP contribution in [0.2, 0.25) is 0 Å². The zero-order valence-corrected chi connectivity index (χ0v) is 10.7. The van der Waals surface area contributed by atoms with E-state index in [4.69, 9.17) is 4.42 Å². The molecule has 0 bridgehead atoms. The van der Waals surface area contributed by atoms with Crippen molar-refractivity contribution in [2.24, 2.45) is 0 Å². The first kappa shape index (κ1) is 13.6. The highest BCUT2D eigenvalue weighted by Crippen LogP contribution is 2.23. The molecule has 102 valence electrons. The number of fused-ring (bicyclic) bond motifs is 1. The minimum Gasteiger partial charge on any atom is -0.468 e. The molecular formula is C15H17FO3. The molecule has 0 spiro atoms. The third kappa shape index (κ3) is 3.81. The Balaban J connectivity index is 1.76. The molecule has 2 aromatic rings. The van der Waals surface area contributed by atoms with Crippen molar-refractivity contribution in [3.05, 3.63) is 35.8 Å². The van der Waals surface area contributed by atoms with Crippen LogP contribution in [0.25, 0.3) is 11.0 Å². The van der Waals surface area contributed by atoms with Crippen molar-refractivity contribution in [1.82, 2.24) is 0 Å². The number of unbranched alkanes of at least 4 members (excludes halogenated alkanes) is 3. The molecule has 0 aliphatic rings. The SMILES string of the molecule is O=COCCCCCCc1cc2cccc(F)c2o1.